The van der Waals surface area contributed by atoms with E-state index in [1.54, 1.807) is 25.3 Å². The Morgan fingerprint density at radius 3 is 2.43 bits per heavy atom. The number of piperazine rings is 1. The number of ether oxygens (including phenoxy) is 1. The first-order valence-electron chi connectivity index (χ1n) is 9.71. The number of nitrogens with one attached hydrogen (secondary N) is 1. The summed E-state index contributed by atoms with van der Waals surface area (Å²) in [4.78, 5) is 16.7. The molecule has 0 bridgehead atoms. The fourth-order valence-electron chi connectivity index (χ4n) is 3.58. The molecule has 1 N–H and O–H groups in total. The van der Waals surface area contributed by atoms with E-state index in [1.807, 2.05) is 24.3 Å². The number of anilines is 3. The highest BCUT2D eigenvalue weighted by Crippen LogP contribution is 2.27. The molecule has 1 aromatic heterocycles. The molecular weight excluding hydrogens is 380 g/mol. The number of hydrogen-bond donors (Lipinski definition) is 1. The second-order valence-electron chi connectivity index (χ2n) is 6.95. The number of amides is 1. The maximum absolute atomic E-state index is 12.2. The van der Waals surface area contributed by atoms with Crippen LogP contribution in [-0.2, 0) is 0 Å². The first kappa shape index (κ1) is 19.4. The third-order valence-electron chi connectivity index (χ3n) is 5.18. The van der Waals surface area contributed by atoms with Gasteiger partial charge in [0.15, 0.2) is 5.76 Å². The fraction of sp³-hybridized carbons (Fsp3) is 0.217. The largest absolute Gasteiger partial charge is 0.497 e. The Kier molecular flexibility index (Phi) is 5.57. The van der Waals surface area contributed by atoms with Gasteiger partial charge in [-0.25, -0.2) is 0 Å². The maximum Gasteiger partial charge on any atom is 0.291 e. The minimum Gasteiger partial charge on any atom is -0.497 e. The molecule has 7 nitrogen and oxygen atoms in total. The van der Waals surface area contributed by atoms with Gasteiger partial charge in [-0.3, -0.25) is 4.79 Å². The van der Waals surface area contributed by atoms with Crippen LogP contribution in [0, 0.1) is 11.3 Å². The van der Waals surface area contributed by atoms with Crippen molar-refractivity contribution in [1.82, 2.24) is 0 Å². The zero-order valence-electron chi connectivity index (χ0n) is 16.7. The van der Waals surface area contributed by atoms with Crippen LogP contribution in [0.15, 0.2) is 65.3 Å². The topological polar surface area (TPSA) is 81.7 Å². The van der Waals surface area contributed by atoms with Crippen molar-refractivity contribution in [2.24, 2.45) is 0 Å². The Labute approximate surface area is 175 Å². The van der Waals surface area contributed by atoms with E-state index in [-0.39, 0.29) is 11.7 Å². The lowest BCUT2D eigenvalue weighted by molar-refractivity contribution is 0.0996. The van der Waals surface area contributed by atoms with Gasteiger partial charge in [0.25, 0.3) is 5.91 Å². The van der Waals surface area contributed by atoms with Crippen molar-refractivity contribution in [3.05, 3.63) is 72.2 Å². The summed E-state index contributed by atoms with van der Waals surface area (Å²) in [6, 6.07) is 19.0. The number of methoxy groups -OCH3 is 1. The van der Waals surface area contributed by atoms with Crippen LogP contribution >= 0.6 is 0 Å². The number of carbonyl (C=O) groups excluding carboxylic acids is 1. The predicted molar refractivity (Wildman–Crippen MR) is 115 cm³/mol. The van der Waals surface area contributed by atoms with E-state index in [0.717, 1.165) is 43.3 Å². The van der Waals surface area contributed by atoms with Crippen LogP contribution in [0.3, 0.4) is 0 Å². The number of furan rings is 1. The smallest absolute Gasteiger partial charge is 0.291 e. The normalized spacial score (nSPS) is 13.6. The predicted octanol–water partition coefficient (Wildman–Crippen LogP) is 3.74. The highest BCUT2D eigenvalue weighted by Gasteiger charge is 2.20. The molecule has 1 saturated heterocycles. The molecule has 0 radical (unpaired) electrons. The quantitative estimate of drug-likeness (QED) is 0.700. The van der Waals surface area contributed by atoms with Crippen LogP contribution in [0.5, 0.6) is 5.75 Å². The summed E-state index contributed by atoms with van der Waals surface area (Å²) in [7, 11) is 1.66. The van der Waals surface area contributed by atoms with Crippen LogP contribution < -0.4 is 19.9 Å². The summed E-state index contributed by atoms with van der Waals surface area (Å²) < 4.78 is 10.3. The highest BCUT2D eigenvalue weighted by molar-refractivity contribution is 6.02. The average molecular weight is 402 g/mol. The van der Waals surface area contributed by atoms with Gasteiger partial charge < -0.3 is 24.3 Å². The Morgan fingerprint density at radius 2 is 1.80 bits per heavy atom. The maximum atomic E-state index is 12.2. The third kappa shape index (κ3) is 4.08. The lowest BCUT2D eigenvalue weighted by Crippen LogP contribution is -2.46. The third-order valence-corrected chi connectivity index (χ3v) is 5.18. The SMILES string of the molecule is COc1ccc(N2CCN(c3ccc(NC(=O)c4ccco4)cc3C#N)CC2)cc1. The molecule has 1 amide bonds. The summed E-state index contributed by atoms with van der Waals surface area (Å²) in [6.07, 6.45) is 1.45. The van der Waals surface area contributed by atoms with Crippen molar-refractivity contribution in [2.75, 3.05) is 48.4 Å². The summed E-state index contributed by atoms with van der Waals surface area (Å²) >= 11 is 0. The summed E-state index contributed by atoms with van der Waals surface area (Å²) in [5, 5.41) is 12.4. The molecule has 0 unspecified atom stereocenters. The lowest BCUT2D eigenvalue weighted by Gasteiger charge is -2.37. The number of rotatable bonds is 5. The molecule has 7 heteroatoms. The van der Waals surface area contributed by atoms with Crippen LogP contribution in [0.1, 0.15) is 16.1 Å². The highest BCUT2D eigenvalue weighted by atomic mass is 16.5. The molecule has 0 spiro atoms. The lowest BCUT2D eigenvalue weighted by atomic mass is 10.1. The second kappa shape index (κ2) is 8.62. The van der Waals surface area contributed by atoms with Gasteiger partial charge in [-0.05, 0) is 54.6 Å². The summed E-state index contributed by atoms with van der Waals surface area (Å²) in [5.74, 6) is 0.729. The molecule has 4 rings (SSSR count). The van der Waals surface area contributed by atoms with Crippen molar-refractivity contribution in [3.8, 4) is 11.8 Å². The van der Waals surface area contributed by atoms with E-state index in [4.69, 9.17) is 9.15 Å². The second-order valence-corrected chi connectivity index (χ2v) is 6.95. The van der Waals surface area contributed by atoms with E-state index in [2.05, 4.69) is 33.3 Å². The Bertz CT molecular complexity index is 1050. The van der Waals surface area contributed by atoms with E-state index < -0.39 is 0 Å². The summed E-state index contributed by atoms with van der Waals surface area (Å²) in [6.45, 7) is 3.32. The van der Waals surface area contributed by atoms with Crippen molar-refractivity contribution in [1.29, 1.82) is 5.26 Å². The Balaban J connectivity index is 1.43. The van der Waals surface area contributed by atoms with Gasteiger partial charge in [0.1, 0.15) is 11.8 Å². The molecule has 30 heavy (non-hydrogen) atoms. The molecule has 2 aromatic carbocycles. The number of nitriles is 1. The van der Waals surface area contributed by atoms with Crippen LogP contribution in [0.4, 0.5) is 17.1 Å². The van der Waals surface area contributed by atoms with E-state index >= 15 is 0 Å². The number of nitrogens with zero attached hydrogens (tertiary/aromatic N) is 3. The first-order chi connectivity index (χ1) is 14.7. The molecule has 1 fully saturated rings. The van der Waals surface area contributed by atoms with Crippen molar-refractivity contribution >= 4 is 23.0 Å². The number of hydrogen-bond acceptors (Lipinski definition) is 6. The minimum absolute atomic E-state index is 0.229. The zero-order chi connectivity index (χ0) is 20.9. The van der Waals surface area contributed by atoms with Crippen molar-refractivity contribution in [2.45, 2.75) is 0 Å². The van der Waals surface area contributed by atoms with Gasteiger partial charge in [-0.2, -0.15) is 5.26 Å². The number of benzene rings is 2. The first-order valence-corrected chi connectivity index (χ1v) is 9.71. The number of carbonyl (C=O) groups is 1. The zero-order valence-corrected chi connectivity index (χ0v) is 16.7. The van der Waals surface area contributed by atoms with E-state index in [1.165, 1.54) is 6.26 Å². The van der Waals surface area contributed by atoms with Crippen molar-refractivity contribution < 1.29 is 13.9 Å². The van der Waals surface area contributed by atoms with E-state index in [0.29, 0.717) is 11.3 Å². The molecule has 1 aliphatic rings. The van der Waals surface area contributed by atoms with Crippen molar-refractivity contribution in [3.63, 3.8) is 0 Å². The van der Waals surface area contributed by atoms with Gasteiger partial charge in [0.2, 0.25) is 0 Å². The standard InChI is InChI=1S/C23H22N4O3/c1-29-20-7-5-19(6-8-20)26-10-12-27(13-11-26)21-9-4-18(15-17(21)16-24)25-23(28)22-3-2-14-30-22/h2-9,14-15H,10-13H2,1H3,(H,25,28). The fourth-order valence-corrected chi connectivity index (χ4v) is 3.58. The average Bonchev–Trinajstić information content (AvgIpc) is 3.34. The van der Waals surface area contributed by atoms with Gasteiger partial charge in [0, 0.05) is 37.6 Å². The Hall–Kier alpha value is -3.92. The van der Waals surface area contributed by atoms with Gasteiger partial charge in [-0.15, -0.1) is 0 Å². The molecular formula is C23H22N4O3. The van der Waals surface area contributed by atoms with Crippen LogP contribution in [-0.4, -0.2) is 39.2 Å². The monoisotopic (exact) mass is 402 g/mol. The molecule has 0 saturated carbocycles. The van der Waals surface area contributed by atoms with Gasteiger partial charge in [0.05, 0.1) is 24.6 Å². The van der Waals surface area contributed by atoms with Crippen LogP contribution in [0.25, 0.3) is 0 Å². The molecule has 152 valence electrons. The molecule has 3 aromatic rings. The van der Waals surface area contributed by atoms with E-state index in [9.17, 15) is 10.1 Å². The molecule has 2 heterocycles. The molecule has 0 atom stereocenters. The summed E-state index contributed by atoms with van der Waals surface area (Å²) in [5.41, 5.74) is 3.13. The Morgan fingerprint density at radius 1 is 1.07 bits per heavy atom. The molecule has 1 aliphatic heterocycles. The van der Waals surface area contributed by atoms with Gasteiger partial charge in [-0.1, -0.05) is 0 Å². The molecule has 0 aliphatic carbocycles. The minimum atomic E-state index is -0.343. The van der Waals surface area contributed by atoms with Crippen LogP contribution in [0.2, 0.25) is 0 Å². The van der Waals surface area contributed by atoms with Gasteiger partial charge >= 0.3 is 0 Å².